The molecule has 13 heavy (non-hydrogen) atoms. The van der Waals surface area contributed by atoms with Crippen LogP contribution in [0, 0.1) is 0 Å². The first-order chi connectivity index (χ1) is 6.18. The summed E-state index contributed by atoms with van der Waals surface area (Å²) in [7, 11) is 0. The van der Waals surface area contributed by atoms with Gasteiger partial charge in [-0.3, -0.25) is 0 Å². The molecule has 0 aliphatic heterocycles. The number of carbonyl (C=O) groups is 1. The molecule has 2 nitrogen and oxygen atoms in total. The summed E-state index contributed by atoms with van der Waals surface area (Å²) in [6, 6.07) is 1.48. The van der Waals surface area contributed by atoms with Crippen molar-refractivity contribution in [2.45, 2.75) is 25.4 Å². The van der Waals surface area contributed by atoms with Crippen molar-refractivity contribution in [1.29, 1.82) is 0 Å². The lowest BCUT2D eigenvalue weighted by Crippen LogP contribution is -2.01. The van der Waals surface area contributed by atoms with E-state index < -0.39 is 12.1 Å². The number of hydrogen-bond donors (Lipinski definition) is 1. The molecule has 1 aliphatic rings. The zero-order valence-corrected chi connectivity index (χ0v) is 7.73. The summed E-state index contributed by atoms with van der Waals surface area (Å²) in [6.45, 7) is 0. The van der Waals surface area contributed by atoms with Crippen LogP contribution in [0.2, 0.25) is 0 Å². The lowest BCUT2D eigenvalue weighted by Gasteiger charge is -2.14. The Morgan fingerprint density at radius 2 is 2.46 bits per heavy atom. The van der Waals surface area contributed by atoms with E-state index in [0.717, 1.165) is 17.7 Å². The van der Waals surface area contributed by atoms with Gasteiger partial charge in [0.05, 0.1) is 0 Å². The number of hydrogen-bond acceptors (Lipinski definition) is 2. The predicted octanol–water partition coefficient (Wildman–Crippen LogP) is 2.79. The van der Waals surface area contributed by atoms with Crippen LogP contribution < -0.4 is 0 Å². The molecule has 0 radical (unpaired) electrons. The number of carboxylic acid groups (broad SMARTS) is 1. The van der Waals surface area contributed by atoms with Crippen LogP contribution in [0.25, 0.3) is 0 Å². The summed E-state index contributed by atoms with van der Waals surface area (Å²) in [5.74, 6) is -0.952. The lowest BCUT2D eigenvalue weighted by molar-refractivity contribution is 0.0702. The summed E-state index contributed by atoms with van der Waals surface area (Å²) in [5.41, 5.74) is 0.605. The quantitative estimate of drug-likeness (QED) is 0.756. The van der Waals surface area contributed by atoms with Crippen LogP contribution in [0.1, 0.15) is 39.1 Å². The first kappa shape index (κ1) is 8.69. The molecule has 1 heterocycles. The maximum atomic E-state index is 13.3. The lowest BCUT2D eigenvalue weighted by atomic mass is 9.97. The minimum atomic E-state index is -0.952. The normalized spacial score (nSPS) is 21.2. The van der Waals surface area contributed by atoms with Crippen molar-refractivity contribution in [3.63, 3.8) is 0 Å². The van der Waals surface area contributed by atoms with Crippen molar-refractivity contribution in [2.75, 3.05) is 0 Å². The maximum Gasteiger partial charge on any atom is 0.345 e. The van der Waals surface area contributed by atoms with Gasteiger partial charge < -0.3 is 5.11 Å². The molecule has 1 N–H and O–H groups in total. The smallest absolute Gasteiger partial charge is 0.345 e. The van der Waals surface area contributed by atoms with Crippen molar-refractivity contribution in [2.24, 2.45) is 0 Å². The van der Waals surface area contributed by atoms with Crippen molar-refractivity contribution in [1.82, 2.24) is 0 Å². The Labute approximate surface area is 79.0 Å². The van der Waals surface area contributed by atoms with Crippen LogP contribution in [-0.2, 0) is 6.42 Å². The van der Waals surface area contributed by atoms with Crippen molar-refractivity contribution in [3.8, 4) is 0 Å². The van der Waals surface area contributed by atoms with Gasteiger partial charge in [-0.2, -0.15) is 0 Å². The van der Waals surface area contributed by atoms with Gasteiger partial charge in [0.15, 0.2) is 0 Å². The van der Waals surface area contributed by atoms with Crippen LogP contribution in [0.3, 0.4) is 0 Å². The molecule has 70 valence electrons. The van der Waals surface area contributed by atoms with Gasteiger partial charge in [0.25, 0.3) is 0 Å². The fourth-order valence-corrected chi connectivity index (χ4v) is 2.70. The summed E-state index contributed by atoms with van der Waals surface area (Å²) >= 11 is 1.21. The van der Waals surface area contributed by atoms with E-state index in [0.29, 0.717) is 12.0 Å². The Kier molecular flexibility index (Phi) is 2.07. The molecule has 1 aromatic heterocycles. The second kappa shape index (κ2) is 3.10. The average Bonchev–Trinajstić information content (AvgIpc) is 2.49. The molecule has 1 aromatic rings. The van der Waals surface area contributed by atoms with E-state index in [-0.39, 0.29) is 4.88 Å². The number of fused-ring (bicyclic) bond motifs is 1. The summed E-state index contributed by atoms with van der Waals surface area (Å²) in [5, 5.41) is 8.71. The second-order valence-electron chi connectivity index (χ2n) is 3.15. The number of alkyl halides is 1. The highest BCUT2D eigenvalue weighted by Gasteiger charge is 2.23. The molecule has 0 aromatic carbocycles. The molecule has 4 heteroatoms. The Morgan fingerprint density at radius 3 is 3.08 bits per heavy atom. The fourth-order valence-electron chi connectivity index (χ4n) is 1.61. The third-order valence-corrected chi connectivity index (χ3v) is 3.45. The van der Waals surface area contributed by atoms with E-state index in [9.17, 15) is 9.18 Å². The molecular formula is C9H9FO2S. The minimum absolute atomic E-state index is 0.259. The number of halogens is 1. The third kappa shape index (κ3) is 1.46. The van der Waals surface area contributed by atoms with Gasteiger partial charge in [-0.15, -0.1) is 11.3 Å². The summed E-state index contributed by atoms with van der Waals surface area (Å²) < 4.78 is 13.3. The largest absolute Gasteiger partial charge is 0.477 e. The molecule has 1 unspecified atom stereocenters. The van der Waals surface area contributed by atoms with Gasteiger partial charge >= 0.3 is 5.97 Å². The number of thiophene rings is 1. The summed E-state index contributed by atoms with van der Waals surface area (Å²) in [6.07, 6.45) is 1.23. The molecule has 0 saturated heterocycles. The standard InChI is InChI=1S/C9H9FO2S/c10-6-2-1-3-7-5(6)4-8(13-7)9(11)12/h4,6H,1-3H2,(H,11,12). The highest BCUT2D eigenvalue weighted by Crippen LogP contribution is 2.37. The molecule has 0 spiro atoms. The highest BCUT2D eigenvalue weighted by atomic mass is 32.1. The Balaban J connectivity index is 2.42. The van der Waals surface area contributed by atoms with Crippen LogP contribution in [0.4, 0.5) is 4.39 Å². The van der Waals surface area contributed by atoms with Gasteiger partial charge in [0, 0.05) is 10.4 Å². The van der Waals surface area contributed by atoms with E-state index in [1.807, 2.05) is 0 Å². The van der Waals surface area contributed by atoms with Gasteiger partial charge in [0.1, 0.15) is 11.0 Å². The van der Waals surface area contributed by atoms with E-state index in [1.165, 1.54) is 17.4 Å². The van der Waals surface area contributed by atoms with Gasteiger partial charge in [-0.1, -0.05) is 0 Å². The zero-order valence-electron chi connectivity index (χ0n) is 6.92. The van der Waals surface area contributed by atoms with Crippen LogP contribution in [0.5, 0.6) is 0 Å². The molecule has 1 atom stereocenters. The average molecular weight is 200 g/mol. The first-order valence-corrected chi connectivity index (χ1v) is 5.00. The molecule has 1 aliphatic carbocycles. The summed E-state index contributed by atoms with van der Waals surface area (Å²) in [4.78, 5) is 11.8. The number of aromatic carboxylic acids is 1. The molecule has 2 rings (SSSR count). The first-order valence-electron chi connectivity index (χ1n) is 4.18. The second-order valence-corrected chi connectivity index (χ2v) is 4.29. The molecular weight excluding hydrogens is 191 g/mol. The zero-order chi connectivity index (χ0) is 9.42. The van der Waals surface area contributed by atoms with E-state index in [1.54, 1.807) is 0 Å². The van der Waals surface area contributed by atoms with E-state index in [4.69, 9.17) is 5.11 Å². The van der Waals surface area contributed by atoms with Gasteiger partial charge in [-0.05, 0) is 25.3 Å². The molecule has 0 bridgehead atoms. The third-order valence-electron chi connectivity index (χ3n) is 2.25. The van der Waals surface area contributed by atoms with Gasteiger partial charge in [-0.25, -0.2) is 9.18 Å². The number of aryl methyl sites for hydroxylation is 1. The van der Waals surface area contributed by atoms with Crippen molar-refractivity contribution >= 4 is 17.3 Å². The van der Waals surface area contributed by atoms with Crippen molar-refractivity contribution < 1.29 is 14.3 Å². The molecule has 0 amide bonds. The van der Waals surface area contributed by atoms with Gasteiger partial charge in [0.2, 0.25) is 0 Å². The van der Waals surface area contributed by atoms with Crippen LogP contribution >= 0.6 is 11.3 Å². The Bertz CT molecular complexity index is 345. The highest BCUT2D eigenvalue weighted by molar-refractivity contribution is 7.14. The van der Waals surface area contributed by atoms with Crippen LogP contribution in [-0.4, -0.2) is 11.1 Å². The molecule has 0 saturated carbocycles. The monoisotopic (exact) mass is 200 g/mol. The maximum absolute atomic E-state index is 13.3. The predicted molar refractivity (Wildman–Crippen MR) is 48.1 cm³/mol. The van der Waals surface area contributed by atoms with Crippen molar-refractivity contribution in [3.05, 3.63) is 21.4 Å². The minimum Gasteiger partial charge on any atom is -0.477 e. The van der Waals surface area contributed by atoms with Crippen LogP contribution in [0.15, 0.2) is 6.07 Å². The Hall–Kier alpha value is -0.900. The fraction of sp³-hybridized carbons (Fsp3) is 0.444. The SMILES string of the molecule is O=C(O)c1cc2c(s1)CCCC2F. The van der Waals surface area contributed by atoms with E-state index >= 15 is 0 Å². The number of carboxylic acids is 1. The van der Waals surface area contributed by atoms with E-state index in [2.05, 4.69) is 0 Å². The number of rotatable bonds is 1. The Morgan fingerprint density at radius 1 is 1.69 bits per heavy atom. The topological polar surface area (TPSA) is 37.3 Å². The molecule has 0 fully saturated rings.